The molecule has 1 aromatic heterocycles. The lowest BCUT2D eigenvalue weighted by Crippen LogP contribution is -2.40. The Morgan fingerprint density at radius 2 is 1.58 bits per heavy atom. The molecule has 1 aliphatic heterocycles. The number of amides is 1. The van der Waals surface area contributed by atoms with Gasteiger partial charge in [-0.3, -0.25) is 9.59 Å². The number of nitrogens with zero attached hydrogens (tertiary/aromatic N) is 3. The summed E-state index contributed by atoms with van der Waals surface area (Å²) in [6.07, 6.45) is 1.08. The van der Waals surface area contributed by atoms with Crippen molar-refractivity contribution in [1.29, 1.82) is 0 Å². The fraction of sp³-hybridized carbons (Fsp3) is 0.273. The Labute approximate surface area is 188 Å². The number of aromatic nitrogens is 2. The van der Waals surface area contributed by atoms with E-state index in [0.29, 0.717) is 47.4 Å². The lowest BCUT2D eigenvalue weighted by atomic mass is 9.96. The maximum Gasteiger partial charge on any atom is 0.309 e. The van der Waals surface area contributed by atoms with E-state index in [-0.39, 0.29) is 30.3 Å². The summed E-state index contributed by atoms with van der Waals surface area (Å²) < 4.78 is 10.9. The summed E-state index contributed by atoms with van der Waals surface area (Å²) in [5.41, 5.74) is 1.31. The predicted molar refractivity (Wildman–Crippen MR) is 115 cm³/mol. The monoisotopic (exact) mass is 459 g/mol. The third kappa shape index (κ3) is 5.24. The molecular weight excluding hydrogens is 441 g/mol. The predicted octanol–water partition coefficient (Wildman–Crippen LogP) is 4.64. The molecule has 2 heterocycles. The Morgan fingerprint density at radius 1 is 0.968 bits per heavy atom. The van der Waals surface area contributed by atoms with Crippen LogP contribution in [-0.2, 0) is 16.1 Å². The normalized spacial score (nSPS) is 14.5. The number of hydrogen-bond donors (Lipinski definition) is 0. The molecule has 9 heteroatoms. The van der Waals surface area contributed by atoms with Crippen molar-refractivity contribution >= 4 is 35.1 Å². The minimum Gasteiger partial charge on any atom is -0.455 e. The number of esters is 1. The molecule has 3 aromatic rings. The van der Waals surface area contributed by atoms with Crippen molar-refractivity contribution in [1.82, 2.24) is 15.1 Å². The molecule has 0 N–H and O–H groups in total. The lowest BCUT2D eigenvalue weighted by Gasteiger charge is -2.30. The molecule has 0 aliphatic carbocycles. The minimum absolute atomic E-state index is 0.0657. The Hall–Kier alpha value is -2.90. The highest BCUT2D eigenvalue weighted by Gasteiger charge is 2.29. The molecule has 1 aliphatic rings. The van der Waals surface area contributed by atoms with Gasteiger partial charge in [-0.05, 0) is 61.4 Å². The van der Waals surface area contributed by atoms with E-state index in [1.807, 2.05) is 0 Å². The molecule has 0 saturated carbocycles. The Balaban J connectivity index is 1.26. The highest BCUT2D eigenvalue weighted by atomic mass is 35.5. The molecule has 0 atom stereocenters. The molecule has 4 rings (SSSR count). The first kappa shape index (κ1) is 21.3. The van der Waals surface area contributed by atoms with Crippen molar-refractivity contribution in [3.8, 4) is 11.5 Å². The van der Waals surface area contributed by atoms with Crippen molar-refractivity contribution in [2.75, 3.05) is 13.1 Å². The standard InChI is InChI=1S/C22H19Cl2N3O4/c23-17-5-1-14(2-6-17)20-26-25-19(31-20)13-30-22(29)16-9-11-27(12-10-16)21(28)15-3-7-18(24)8-4-15/h1-8,16H,9-13H2. The van der Waals surface area contributed by atoms with Crippen LogP contribution in [0.15, 0.2) is 52.9 Å². The number of hydrogen-bond acceptors (Lipinski definition) is 6. The number of piperidine rings is 1. The number of carbonyl (C=O) groups is 2. The largest absolute Gasteiger partial charge is 0.455 e. The van der Waals surface area contributed by atoms with E-state index < -0.39 is 0 Å². The van der Waals surface area contributed by atoms with Crippen LogP contribution in [0.4, 0.5) is 0 Å². The van der Waals surface area contributed by atoms with Crippen molar-refractivity contribution in [2.45, 2.75) is 19.4 Å². The van der Waals surface area contributed by atoms with Gasteiger partial charge in [-0.2, -0.15) is 0 Å². The molecule has 2 aromatic carbocycles. The number of rotatable bonds is 5. The first-order chi connectivity index (χ1) is 15.0. The van der Waals surface area contributed by atoms with Crippen LogP contribution in [0.25, 0.3) is 11.5 Å². The smallest absolute Gasteiger partial charge is 0.309 e. The van der Waals surface area contributed by atoms with Gasteiger partial charge in [0.2, 0.25) is 5.89 Å². The molecule has 160 valence electrons. The maximum absolute atomic E-state index is 12.6. The van der Waals surface area contributed by atoms with E-state index in [0.717, 1.165) is 5.56 Å². The topological polar surface area (TPSA) is 85.5 Å². The van der Waals surface area contributed by atoms with Crippen molar-refractivity contribution < 1.29 is 18.7 Å². The van der Waals surface area contributed by atoms with Gasteiger partial charge in [0.05, 0.1) is 5.92 Å². The van der Waals surface area contributed by atoms with Crippen molar-refractivity contribution in [3.05, 3.63) is 70.0 Å². The van der Waals surface area contributed by atoms with E-state index in [2.05, 4.69) is 10.2 Å². The molecule has 0 radical (unpaired) electrons. The van der Waals surface area contributed by atoms with Gasteiger partial charge in [0.15, 0.2) is 6.61 Å². The van der Waals surface area contributed by atoms with Gasteiger partial charge < -0.3 is 14.1 Å². The second-order valence-electron chi connectivity index (χ2n) is 7.19. The number of likely N-dealkylation sites (tertiary alicyclic amines) is 1. The SMILES string of the molecule is O=C(OCc1nnc(-c2ccc(Cl)cc2)o1)C1CCN(C(=O)c2ccc(Cl)cc2)CC1. The minimum atomic E-state index is -0.329. The van der Waals surface area contributed by atoms with Gasteiger partial charge >= 0.3 is 5.97 Å². The zero-order valence-electron chi connectivity index (χ0n) is 16.5. The Bertz CT molecular complexity index is 1060. The van der Waals surface area contributed by atoms with E-state index in [1.165, 1.54) is 0 Å². The second-order valence-corrected chi connectivity index (χ2v) is 8.06. The fourth-order valence-electron chi connectivity index (χ4n) is 3.37. The van der Waals surface area contributed by atoms with Crippen LogP contribution >= 0.6 is 23.2 Å². The average Bonchev–Trinajstić information content (AvgIpc) is 3.27. The van der Waals surface area contributed by atoms with Crippen LogP contribution in [-0.4, -0.2) is 40.1 Å². The van der Waals surface area contributed by atoms with Crippen LogP contribution < -0.4 is 0 Å². The van der Waals surface area contributed by atoms with Gasteiger partial charge in [0.1, 0.15) is 0 Å². The number of ether oxygens (including phenoxy) is 1. The molecule has 1 amide bonds. The summed E-state index contributed by atoms with van der Waals surface area (Å²) in [6, 6.07) is 13.8. The molecule has 0 spiro atoms. The molecule has 1 fully saturated rings. The molecular formula is C22H19Cl2N3O4. The first-order valence-electron chi connectivity index (χ1n) is 9.79. The Kier molecular flexibility index (Phi) is 6.53. The summed E-state index contributed by atoms with van der Waals surface area (Å²) >= 11 is 11.7. The Morgan fingerprint density at radius 3 is 2.23 bits per heavy atom. The zero-order chi connectivity index (χ0) is 21.8. The second kappa shape index (κ2) is 9.49. The van der Waals surface area contributed by atoms with Crippen molar-refractivity contribution in [2.24, 2.45) is 5.92 Å². The summed E-state index contributed by atoms with van der Waals surface area (Å²) in [5.74, 6) is -0.118. The fourth-order valence-corrected chi connectivity index (χ4v) is 3.62. The van der Waals surface area contributed by atoms with Gasteiger partial charge in [-0.15, -0.1) is 10.2 Å². The summed E-state index contributed by atoms with van der Waals surface area (Å²) in [5, 5.41) is 9.08. The molecule has 31 heavy (non-hydrogen) atoms. The van der Waals surface area contributed by atoms with Gasteiger partial charge in [-0.25, -0.2) is 0 Å². The summed E-state index contributed by atoms with van der Waals surface area (Å²) in [6.45, 7) is 0.883. The third-order valence-corrected chi connectivity index (χ3v) is 5.61. The number of halogens is 2. The molecule has 0 unspecified atom stereocenters. The van der Waals surface area contributed by atoms with Gasteiger partial charge in [-0.1, -0.05) is 23.2 Å². The third-order valence-electron chi connectivity index (χ3n) is 5.10. The summed E-state index contributed by atoms with van der Waals surface area (Å²) in [7, 11) is 0. The highest BCUT2D eigenvalue weighted by molar-refractivity contribution is 6.30. The maximum atomic E-state index is 12.6. The number of carbonyl (C=O) groups excluding carboxylic acids is 2. The first-order valence-corrected chi connectivity index (χ1v) is 10.5. The van der Waals surface area contributed by atoms with Crippen LogP contribution in [0.3, 0.4) is 0 Å². The van der Waals surface area contributed by atoms with Crippen LogP contribution in [0.5, 0.6) is 0 Å². The van der Waals surface area contributed by atoms with E-state index in [1.54, 1.807) is 53.4 Å². The molecule has 7 nitrogen and oxygen atoms in total. The highest BCUT2D eigenvalue weighted by Crippen LogP contribution is 2.23. The molecule has 0 bridgehead atoms. The average molecular weight is 460 g/mol. The summed E-state index contributed by atoms with van der Waals surface area (Å²) in [4.78, 5) is 26.7. The van der Waals surface area contributed by atoms with Gasteiger partial charge in [0.25, 0.3) is 11.8 Å². The van der Waals surface area contributed by atoms with Crippen LogP contribution in [0.2, 0.25) is 10.0 Å². The van der Waals surface area contributed by atoms with Crippen molar-refractivity contribution in [3.63, 3.8) is 0 Å². The molecule has 1 saturated heterocycles. The van der Waals surface area contributed by atoms with Crippen LogP contribution in [0.1, 0.15) is 29.1 Å². The quantitative estimate of drug-likeness (QED) is 0.516. The van der Waals surface area contributed by atoms with E-state index in [9.17, 15) is 9.59 Å². The lowest BCUT2D eigenvalue weighted by molar-refractivity contribution is -0.152. The van der Waals surface area contributed by atoms with Gasteiger partial charge in [0, 0.05) is 34.3 Å². The number of benzene rings is 2. The van der Waals surface area contributed by atoms with E-state index >= 15 is 0 Å². The van der Waals surface area contributed by atoms with Crippen LogP contribution in [0, 0.1) is 5.92 Å². The zero-order valence-corrected chi connectivity index (χ0v) is 18.0. The van der Waals surface area contributed by atoms with E-state index in [4.69, 9.17) is 32.4 Å².